The van der Waals surface area contributed by atoms with Crippen molar-refractivity contribution in [3.63, 3.8) is 0 Å². The molecule has 1 aliphatic rings. The van der Waals surface area contributed by atoms with E-state index in [1.165, 1.54) is 25.9 Å². The molecule has 4 heteroatoms. The van der Waals surface area contributed by atoms with E-state index in [1.54, 1.807) is 0 Å². The molecule has 1 atom stereocenters. The summed E-state index contributed by atoms with van der Waals surface area (Å²) in [6.45, 7) is 4.35. The number of hydrogen-bond donors (Lipinski definition) is 1. The van der Waals surface area contributed by atoms with Gasteiger partial charge in [0.1, 0.15) is 11.6 Å². The third-order valence-corrected chi connectivity index (χ3v) is 3.12. The minimum atomic E-state index is 0.840. The van der Waals surface area contributed by atoms with Gasteiger partial charge in [0.2, 0.25) is 0 Å². The summed E-state index contributed by atoms with van der Waals surface area (Å²) in [6.07, 6.45) is 3.61. The van der Waals surface area contributed by atoms with Crippen LogP contribution in [0.2, 0.25) is 0 Å². The third-order valence-electron chi connectivity index (χ3n) is 3.12. The molecule has 1 unspecified atom stereocenters. The Balaban J connectivity index is 1.88. The molecule has 1 aromatic heterocycles. The number of hydrogen-bond acceptors (Lipinski definition) is 3. The van der Waals surface area contributed by atoms with Gasteiger partial charge in [0.15, 0.2) is 0 Å². The van der Waals surface area contributed by atoms with Crippen molar-refractivity contribution in [3.05, 3.63) is 11.6 Å². The van der Waals surface area contributed by atoms with Gasteiger partial charge < -0.3 is 9.88 Å². The first kappa shape index (κ1) is 9.65. The molecule has 0 radical (unpaired) electrons. The van der Waals surface area contributed by atoms with Gasteiger partial charge in [-0.25, -0.2) is 0 Å². The monoisotopic (exact) mass is 194 g/mol. The highest BCUT2D eigenvalue weighted by Crippen LogP contribution is 2.14. The number of nitrogens with one attached hydrogen (secondary N) is 1. The van der Waals surface area contributed by atoms with Crippen LogP contribution < -0.4 is 5.32 Å². The van der Waals surface area contributed by atoms with Crippen LogP contribution in [-0.2, 0) is 13.5 Å². The van der Waals surface area contributed by atoms with Gasteiger partial charge >= 0.3 is 0 Å². The Labute approximate surface area is 84.7 Å². The summed E-state index contributed by atoms with van der Waals surface area (Å²) in [6, 6.07) is 0. The van der Waals surface area contributed by atoms with E-state index in [9.17, 15) is 0 Å². The molecule has 2 heterocycles. The second kappa shape index (κ2) is 4.09. The van der Waals surface area contributed by atoms with Crippen LogP contribution in [0.15, 0.2) is 0 Å². The molecule has 0 aliphatic carbocycles. The maximum Gasteiger partial charge on any atom is 0.132 e. The van der Waals surface area contributed by atoms with Gasteiger partial charge in [-0.05, 0) is 38.8 Å². The fourth-order valence-electron chi connectivity index (χ4n) is 1.96. The highest BCUT2D eigenvalue weighted by molar-refractivity contribution is 4.93. The predicted octanol–water partition coefficient (Wildman–Crippen LogP) is 0.666. The number of nitrogens with zero attached hydrogens (tertiary/aromatic N) is 3. The van der Waals surface area contributed by atoms with Gasteiger partial charge in [-0.2, -0.15) is 0 Å². The van der Waals surface area contributed by atoms with Crippen LogP contribution in [0.1, 0.15) is 24.5 Å². The molecule has 0 spiro atoms. The highest BCUT2D eigenvalue weighted by Gasteiger charge is 2.15. The summed E-state index contributed by atoms with van der Waals surface area (Å²) in [5.74, 6) is 2.96. The molecular weight excluding hydrogens is 176 g/mol. The number of aromatic nitrogens is 3. The Bertz CT molecular complexity index is 299. The summed E-state index contributed by atoms with van der Waals surface area (Å²) in [4.78, 5) is 0. The summed E-state index contributed by atoms with van der Waals surface area (Å²) in [7, 11) is 2.04. The summed E-state index contributed by atoms with van der Waals surface area (Å²) < 4.78 is 2.09. The fraction of sp³-hybridized carbons (Fsp3) is 0.800. The first-order chi connectivity index (χ1) is 6.77. The average molecular weight is 194 g/mol. The summed E-state index contributed by atoms with van der Waals surface area (Å²) >= 11 is 0. The van der Waals surface area contributed by atoms with E-state index in [2.05, 4.69) is 20.1 Å². The van der Waals surface area contributed by atoms with Crippen molar-refractivity contribution in [3.8, 4) is 0 Å². The van der Waals surface area contributed by atoms with Crippen LogP contribution in [-0.4, -0.2) is 27.9 Å². The average Bonchev–Trinajstić information content (AvgIpc) is 2.77. The lowest BCUT2D eigenvalue weighted by Gasteiger charge is -2.07. The predicted molar refractivity (Wildman–Crippen MR) is 55.0 cm³/mol. The maximum atomic E-state index is 4.17. The largest absolute Gasteiger partial charge is 0.318 e. The maximum absolute atomic E-state index is 4.17. The molecular formula is C10H18N4. The van der Waals surface area contributed by atoms with Crippen molar-refractivity contribution in [1.29, 1.82) is 0 Å². The first-order valence-corrected chi connectivity index (χ1v) is 5.33. The number of rotatable bonds is 3. The second-order valence-electron chi connectivity index (χ2n) is 4.12. The Hall–Kier alpha value is -0.900. The molecule has 0 amide bonds. The minimum Gasteiger partial charge on any atom is -0.318 e. The standard InChI is InChI=1S/C10H18N4/c1-8-12-13-10(14(8)2)4-3-9-5-6-11-7-9/h9,11H,3-7H2,1-2H3. The van der Waals surface area contributed by atoms with E-state index in [0.29, 0.717) is 0 Å². The van der Waals surface area contributed by atoms with E-state index in [4.69, 9.17) is 0 Å². The van der Waals surface area contributed by atoms with Crippen molar-refractivity contribution >= 4 is 0 Å². The van der Waals surface area contributed by atoms with Crippen molar-refractivity contribution in [2.75, 3.05) is 13.1 Å². The van der Waals surface area contributed by atoms with E-state index >= 15 is 0 Å². The first-order valence-electron chi connectivity index (χ1n) is 5.33. The van der Waals surface area contributed by atoms with Gasteiger partial charge in [-0.15, -0.1) is 10.2 Å². The Kier molecular flexibility index (Phi) is 2.82. The molecule has 0 aromatic carbocycles. The van der Waals surface area contributed by atoms with Crippen molar-refractivity contribution in [1.82, 2.24) is 20.1 Å². The smallest absolute Gasteiger partial charge is 0.132 e. The fourth-order valence-corrected chi connectivity index (χ4v) is 1.96. The molecule has 0 saturated carbocycles. The molecule has 4 nitrogen and oxygen atoms in total. The van der Waals surface area contributed by atoms with E-state index in [-0.39, 0.29) is 0 Å². The Morgan fingerprint density at radius 2 is 2.36 bits per heavy atom. The van der Waals surface area contributed by atoms with Gasteiger partial charge in [-0.1, -0.05) is 0 Å². The van der Waals surface area contributed by atoms with Crippen LogP contribution in [0.4, 0.5) is 0 Å². The molecule has 14 heavy (non-hydrogen) atoms. The van der Waals surface area contributed by atoms with Crippen LogP contribution in [0, 0.1) is 12.8 Å². The topological polar surface area (TPSA) is 42.7 Å². The van der Waals surface area contributed by atoms with E-state index in [1.807, 2.05) is 14.0 Å². The van der Waals surface area contributed by atoms with Crippen molar-refractivity contribution in [2.45, 2.75) is 26.2 Å². The van der Waals surface area contributed by atoms with Gasteiger partial charge in [0.25, 0.3) is 0 Å². The Morgan fingerprint density at radius 1 is 1.50 bits per heavy atom. The molecule has 2 rings (SSSR count). The van der Waals surface area contributed by atoms with Crippen molar-refractivity contribution in [2.24, 2.45) is 13.0 Å². The lowest BCUT2D eigenvalue weighted by molar-refractivity contribution is 0.518. The van der Waals surface area contributed by atoms with Gasteiger partial charge in [0.05, 0.1) is 0 Å². The lowest BCUT2D eigenvalue weighted by atomic mass is 10.0. The van der Waals surface area contributed by atoms with E-state index < -0.39 is 0 Å². The van der Waals surface area contributed by atoms with E-state index in [0.717, 1.165) is 24.0 Å². The van der Waals surface area contributed by atoms with Crippen LogP contribution >= 0.6 is 0 Å². The van der Waals surface area contributed by atoms with Crippen LogP contribution in [0.25, 0.3) is 0 Å². The molecule has 1 aliphatic heterocycles. The summed E-state index contributed by atoms with van der Waals surface area (Å²) in [5, 5.41) is 11.6. The highest BCUT2D eigenvalue weighted by atomic mass is 15.3. The van der Waals surface area contributed by atoms with Crippen molar-refractivity contribution < 1.29 is 0 Å². The minimum absolute atomic E-state index is 0.840. The molecule has 1 saturated heterocycles. The number of aryl methyl sites for hydroxylation is 2. The lowest BCUT2D eigenvalue weighted by Crippen LogP contribution is -2.10. The van der Waals surface area contributed by atoms with Gasteiger partial charge in [-0.3, -0.25) is 0 Å². The molecule has 78 valence electrons. The second-order valence-corrected chi connectivity index (χ2v) is 4.12. The molecule has 1 N–H and O–H groups in total. The van der Waals surface area contributed by atoms with Crippen LogP contribution in [0.3, 0.4) is 0 Å². The Morgan fingerprint density at radius 3 is 2.93 bits per heavy atom. The quantitative estimate of drug-likeness (QED) is 0.769. The molecule has 0 bridgehead atoms. The normalized spacial score (nSPS) is 21.7. The zero-order valence-electron chi connectivity index (χ0n) is 8.95. The summed E-state index contributed by atoms with van der Waals surface area (Å²) in [5.41, 5.74) is 0. The zero-order valence-corrected chi connectivity index (χ0v) is 8.95. The van der Waals surface area contributed by atoms with Crippen LogP contribution in [0.5, 0.6) is 0 Å². The molecule has 1 fully saturated rings. The molecule has 1 aromatic rings. The van der Waals surface area contributed by atoms with Gasteiger partial charge in [0, 0.05) is 13.5 Å². The third kappa shape index (κ3) is 1.95. The SMILES string of the molecule is Cc1nnc(CCC2CCNC2)n1C. The zero-order chi connectivity index (χ0) is 9.97.